The summed E-state index contributed by atoms with van der Waals surface area (Å²) in [5, 5.41) is 20.6. The molecule has 1 atom stereocenters. The minimum absolute atomic E-state index is 0.0324. The summed E-state index contributed by atoms with van der Waals surface area (Å²) >= 11 is 0. The highest BCUT2D eigenvalue weighted by Gasteiger charge is 2.48. The Morgan fingerprint density at radius 3 is 2.22 bits per heavy atom. The molecule has 3 N–H and O–H groups in total. The van der Waals surface area contributed by atoms with Gasteiger partial charge in [-0.2, -0.15) is 0 Å². The van der Waals surface area contributed by atoms with Crippen LogP contribution in [0, 0.1) is 5.92 Å². The van der Waals surface area contributed by atoms with Gasteiger partial charge in [0.2, 0.25) is 0 Å². The van der Waals surface area contributed by atoms with Gasteiger partial charge in [0.05, 0.1) is 0 Å². The second-order valence-corrected chi connectivity index (χ2v) is 3.03. The van der Waals surface area contributed by atoms with Crippen molar-refractivity contribution in [3.8, 4) is 0 Å². The molecule has 4 heteroatoms. The number of rotatable bonds is 1. The minimum atomic E-state index is -1.15. The van der Waals surface area contributed by atoms with Gasteiger partial charge >= 0.3 is 7.12 Å². The van der Waals surface area contributed by atoms with E-state index >= 15 is 0 Å². The van der Waals surface area contributed by atoms with Crippen LogP contribution in [0.3, 0.4) is 0 Å². The Morgan fingerprint density at radius 2 is 2.00 bits per heavy atom. The molecule has 0 spiro atoms. The Kier molecular flexibility index (Phi) is 1.09. The molecule has 50 valence electrons. The molecule has 3 fully saturated rings. The molecule has 3 nitrogen and oxygen atoms in total. The lowest BCUT2D eigenvalue weighted by atomic mass is 9.69. The molecule has 0 radical (unpaired) electrons. The average Bonchev–Trinajstić information content (AvgIpc) is 2.12. The highest BCUT2D eigenvalue weighted by molar-refractivity contribution is 6.43. The summed E-state index contributed by atoms with van der Waals surface area (Å²) in [6.45, 7) is 0. The lowest BCUT2D eigenvalue weighted by Crippen LogP contribution is -2.39. The van der Waals surface area contributed by atoms with E-state index in [9.17, 15) is 0 Å². The lowest BCUT2D eigenvalue weighted by Gasteiger charge is -2.21. The molecule has 0 amide bonds. The van der Waals surface area contributed by atoms with Gasteiger partial charge < -0.3 is 15.4 Å². The maximum Gasteiger partial charge on any atom is 0.469 e. The molecule has 0 aromatic carbocycles. The Morgan fingerprint density at radius 1 is 1.33 bits per heavy atom. The standard InChI is InChI=1S/C5H10BNO2/c8-6(9)5-3-1-4(2-3)7-5/h3-5,7-9H,1-2H2. The Hall–Kier alpha value is -0.0551. The first-order valence-electron chi connectivity index (χ1n) is 3.39. The first-order valence-corrected chi connectivity index (χ1v) is 3.39. The summed E-state index contributed by atoms with van der Waals surface area (Å²) in [5.41, 5.74) is 0. The van der Waals surface area contributed by atoms with Crippen molar-refractivity contribution < 1.29 is 10.0 Å². The van der Waals surface area contributed by atoms with Crippen LogP contribution >= 0.6 is 0 Å². The van der Waals surface area contributed by atoms with Crippen LogP contribution in [0.2, 0.25) is 0 Å². The highest BCUT2D eigenvalue weighted by atomic mass is 16.4. The monoisotopic (exact) mass is 127 g/mol. The van der Waals surface area contributed by atoms with Gasteiger partial charge in [-0.3, -0.25) is 0 Å². The molecular formula is C5H10BNO2. The fraction of sp³-hybridized carbons (Fsp3) is 1.00. The minimum Gasteiger partial charge on any atom is -0.426 e. The summed E-state index contributed by atoms with van der Waals surface area (Å²) in [7, 11) is -1.15. The quantitative estimate of drug-likeness (QED) is 0.385. The number of nitrogens with one attached hydrogen (secondary N) is 1. The van der Waals surface area contributed by atoms with Crippen molar-refractivity contribution in [3.05, 3.63) is 0 Å². The van der Waals surface area contributed by atoms with Gasteiger partial charge in [0.1, 0.15) is 0 Å². The summed E-state index contributed by atoms with van der Waals surface area (Å²) in [4.78, 5) is 0. The molecule has 0 aromatic heterocycles. The molecule has 2 heterocycles. The molecule has 0 aromatic rings. The number of hydrogen-bond donors (Lipinski definition) is 3. The van der Waals surface area contributed by atoms with Crippen LogP contribution in [0.15, 0.2) is 0 Å². The fourth-order valence-corrected chi connectivity index (χ4v) is 1.83. The first kappa shape index (κ1) is 5.71. The molecule has 2 bridgehead atoms. The zero-order chi connectivity index (χ0) is 6.43. The van der Waals surface area contributed by atoms with Gasteiger partial charge in [-0.25, -0.2) is 0 Å². The van der Waals surface area contributed by atoms with E-state index in [1.807, 2.05) is 0 Å². The van der Waals surface area contributed by atoms with Crippen LogP contribution in [-0.2, 0) is 0 Å². The van der Waals surface area contributed by atoms with Gasteiger partial charge in [-0.05, 0) is 18.8 Å². The second kappa shape index (κ2) is 1.72. The predicted octanol–water partition coefficient (Wildman–Crippen LogP) is -1.25. The predicted molar refractivity (Wildman–Crippen MR) is 33.6 cm³/mol. The van der Waals surface area contributed by atoms with Crippen LogP contribution in [0.5, 0.6) is 0 Å². The zero-order valence-electron chi connectivity index (χ0n) is 5.12. The van der Waals surface area contributed by atoms with Crippen LogP contribution < -0.4 is 5.32 Å². The van der Waals surface area contributed by atoms with E-state index in [-0.39, 0.29) is 5.94 Å². The molecule has 2 saturated heterocycles. The maximum absolute atomic E-state index is 8.74. The van der Waals surface area contributed by atoms with Gasteiger partial charge in [0.25, 0.3) is 0 Å². The molecule has 3 aliphatic rings. The third-order valence-electron chi connectivity index (χ3n) is 2.43. The molecular weight excluding hydrogens is 117 g/mol. The van der Waals surface area contributed by atoms with E-state index in [0.29, 0.717) is 12.0 Å². The SMILES string of the molecule is OB(O)C1NC2CC1C2. The third-order valence-corrected chi connectivity index (χ3v) is 2.43. The van der Waals surface area contributed by atoms with E-state index in [0.717, 1.165) is 12.8 Å². The van der Waals surface area contributed by atoms with Crippen molar-refractivity contribution in [3.63, 3.8) is 0 Å². The molecule has 1 unspecified atom stereocenters. The van der Waals surface area contributed by atoms with Crippen molar-refractivity contribution in [2.75, 3.05) is 0 Å². The van der Waals surface area contributed by atoms with E-state index in [4.69, 9.17) is 10.0 Å². The van der Waals surface area contributed by atoms with Crippen molar-refractivity contribution in [2.24, 2.45) is 5.92 Å². The normalized spacial score (nSPS) is 46.7. The third kappa shape index (κ3) is 0.706. The number of hydrogen-bond acceptors (Lipinski definition) is 3. The van der Waals surface area contributed by atoms with Gasteiger partial charge in [0, 0.05) is 12.0 Å². The smallest absolute Gasteiger partial charge is 0.426 e. The van der Waals surface area contributed by atoms with Crippen LogP contribution in [-0.4, -0.2) is 29.1 Å². The fourth-order valence-electron chi connectivity index (χ4n) is 1.83. The maximum atomic E-state index is 8.74. The van der Waals surface area contributed by atoms with Gasteiger partial charge in [0.15, 0.2) is 0 Å². The van der Waals surface area contributed by atoms with Gasteiger partial charge in [-0.1, -0.05) is 0 Å². The van der Waals surface area contributed by atoms with E-state index in [2.05, 4.69) is 5.32 Å². The Bertz CT molecular complexity index is 124. The zero-order valence-corrected chi connectivity index (χ0v) is 5.12. The van der Waals surface area contributed by atoms with Crippen LogP contribution in [0.4, 0.5) is 0 Å². The summed E-state index contributed by atoms with van der Waals surface area (Å²) in [5.74, 6) is 0.505. The molecule has 3 rings (SSSR count). The number of fused-ring (bicyclic) bond motifs is 1. The lowest BCUT2D eigenvalue weighted by molar-refractivity contribution is 0.334. The Labute approximate surface area is 54.2 Å². The molecule has 1 saturated carbocycles. The molecule has 9 heavy (non-hydrogen) atoms. The van der Waals surface area contributed by atoms with Crippen molar-refractivity contribution in [1.29, 1.82) is 0 Å². The van der Waals surface area contributed by atoms with Crippen molar-refractivity contribution >= 4 is 7.12 Å². The largest absolute Gasteiger partial charge is 0.469 e. The average molecular weight is 127 g/mol. The van der Waals surface area contributed by atoms with Crippen molar-refractivity contribution in [2.45, 2.75) is 24.8 Å². The molecule has 2 aliphatic heterocycles. The van der Waals surface area contributed by atoms with E-state index < -0.39 is 7.12 Å². The van der Waals surface area contributed by atoms with Crippen molar-refractivity contribution in [1.82, 2.24) is 5.32 Å². The molecule has 1 aliphatic carbocycles. The van der Waals surface area contributed by atoms with E-state index in [1.165, 1.54) is 0 Å². The van der Waals surface area contributed by atoms with Crippen LogP contribution in [0.1, 0.15) is 12.8 Å². The van der Waals surface area contributed by atoms with E-state index in [1.54, 1.807) is 0 Å². The topological polar surface area (TPSA) is 52.5 Å². The summed E-state index contributed by atoms with van der Waals surface area (Å²) in [6, 6.07) is 0.585. The Balaban J connectivity index is 2.00. The van der Waals surface area contributed by atoms with Crippen LogP contribution in [0.25, 0.3) is 0 Å². The summed E-state index contributed by atoms with van der Waals surface area (Å²) < 4.78 is 0. The summed E-state index contributed by atoms with van der Waals surface area (Å²) in [6.07, 6.45) is 2.28. The highest BCUT2D eigenvalue weighted by Crippen LogP contribution is 2.38. The second-order valence-electron chi connectivity index (χ2n) is 3.03. The van der Waals surface area contributed by atoms with Gasteiger partial charge in [-0.15, -0.1) is 0 Å². The first-order chi connectivity index (χ1) is 4.27.